The van der Waals surface area contributed by atoms with Gasteiger partial charge in [-0.15, -0.1) is 24.0 Å². The van der Waals surface area contributed by atoms with Gasteiger partial charge in [0.2, 0.25) is 0 Å². The van der Waals surface area contributed by atoms with Crippen LogP contribution < -0.4 is 10.6 Å². The van der Waals surface area contributed by atoms with E-state index in [0.717, 1.165) is 25.6 Å². The average Bonchev–Trinajstić information content (AvgIpc) is 2.60. The maximum atomic E-state index is 4.72. The second-order valence-corrected chi connectivity index (χ2v) is 8.58. The molecule has 0 aromatic carbocycles. The molecule has 7 heteroatoms. The normalized spacial score (nSPS) is 17.2. The van der Waals surface area contributed by atoms with E-state index in [1.807, 2.05) is 11.8 Å². The molecular weight excluding hydrogens is 445 g/mol. The van der Waals surface area contributed by atoms with Crippen LogP contribution in [0.1, 0.15) is 40.5 Å². The lowest BCUT2D eigenvalue weighted by Gasteiger charge is -2.34. The lowest BCUT2D eigenvalue weighted by Crippen LogP contribution is -2.46. The molecule has 0 saturated carbocycles. The van der Waals surface area contributed by atoms with Crippen molar-refractivity contribution in [1.82, 2.24) is 20.4 Å². The Hall–Kier alpha value is 0.270. The summed E-state index contributed by atoms with van der Waals surface area (Å²) < 4.78 is 0.197. The Labute approximate surface area is 177 Å². The fraction of sp³-hybridized carbons (Fsp3) is 0.944. The van der Waals surface area contributed by atoms with E-state index < -0.39 is 0 Å². The smallest absolute Gasteiger partial charge is 0.191 e. The van der Waals surface area contributed by atoms with Gasteiger partial charge in [-0.25, -0.2) is 0 Å². The molecule has 1 rings (SSSR count). The summed E-state index contributed by atoms with van der Waals surface area (Å²) in [5.74, 6) is 0.955. The predicted molar refractivity (Wildman–Crippen MR) is 125 cm³/mol. The standard InChI is InChI=1S/C18H39N5S.HI/c1-6-19-17(21-16-18(3,4)24-5)20-10-8-9-11-23-14-12-22(7-2)13-15-23;/h6-16H2,1-5H3,(H2,19,20,21);1H. The summed E-state index contributed by atoms with van der Waals surface area (Å²) in [6.45, 7) is 19.0. The first kappa shape index (κ1) is 25.3. The molecular formula is C18H40IN5S. The van der Waals surface area contributed by atoms with Crippen molar-refractivity contribution < 1.29 is 0 Å². The van der Waals surface area contributed by atoms with Crippen molar-refractivity contribution in [3.05, 3.63) is 0 Å². The SMILES string of the molecule is CCNC(=NCC(C)(C)SC)NCCCCN1CCN(CC)CC1.I. The molecule has 0 radical (unpaired) electrons. The van der Waals surface area contributed by atoms with E-state index >= 15 is 0 Å². The molecule has 0 atom stereocenters. The highest BCUT2D eigenvalue weighted by atomic mass is 127. The Balaban J connectivity index is 0.00000576. The Morgan fingerprint density at radius 2 is 1.68 bits per heavy atom. The van der Waals surface area contributed by atoms with Crippen LogP contribution in [0.5, 0.6) is 0 Å². The fourth-order valence-corrected chi connectivity index (χ4v) is 2.87. The van der Waals surface area contributed by atoms with Gasteiger partial charge in [-0.05, 0) is 53.0 Å². The molecule has 0 spiro atoms. The van der Waals surface area contributed by atoms with Gasteiger partial charge in [0.15, 0.2) is 5.96 Å². The lowest BCUT2D eigenvalue weighted by atomic mass is 10.2. The molecule has 5 nitrogen and oxygen atoms in total. The maximum absolute atomic E-state index is 4.72. The minimum Gasteiger partial charge on any atom is -0.357 e. The molecule has 150 valence electrons. The second-order valence-electron chi connectivity index (χ2n) is 7.07. The van der Waals surface area contributed by atoms with E-state index in [1.165, 1.54) is 52.1 Å². The van der Waals surface area contributed by atoms with E-state index in [4.69, 9.17) is 4.99 Å². The van der Waals surface area contributed by atoms with Crippen LogP contribution in [0.15, 0.2) is 4.99 Å². The Bertz CT molecular complexity index is 357. The summed E-state index contributed by atoms with van der Waals surface area (Å²) in [5, 5.41) is 6.82. The molecule has 2 N–H and O–H groups in total. The van der Waals surface area contributed by atoms with Crippen LogP contribution in [0.4, 0.5) is 0 Å². The van der Waals surface area contributed by atoms with Crippen molar-refractivity contribution in [2.75, 3.05) is 65.2 Å². The second kappa shape index (κ2) is 14.3. The molecule has 1 aliphatic rings. The zero-order chi connectivity index (χ0) is 17.8. The zero-order valence-electron chi connectivity index (χ0n) is 16.9. The number of halogens is 1. The van der Waals surface area contributed by atoms with E-state index in [1.54, 1.807) is 0 Å². The highest BCUT2D eigenvalue weighted by molar-refractivity contribution is 14.0. The highest BCUT2D eigenvalue weighted by Crippen LogP contribution is 2.20. The first-order valence-electron chi connectivity index (χ1n) is 9.52. The van der Waals surface area contributed by atoms with Gasteiger partial charge in [0.25, 0.3) is 0 Å². The molecule has 0 aromatic heterocycles. The van der Waals surface area contributed by atoms with Gasteiger partial charge in [0.05, 0.1) is 6.54 Å². The number of hydrogen-bond donors (Lipinski definition) is 2. The van der Waals surface area contributed by atoms with Crippen molar-refractivity contribution in [2.45, 2.75) is 45.3 Å². The number of nitrogens with zero attached hydrogens (tertiary/aromatic N) is 3. The predicted octanol–water partition coefficient (Wildman–Crippen LogP) is 2.72. The van der Waals surface area contributed by atoms with E-state index in [2.05, 4.69) is 54.4 Å². The van der Waals surface area contributed by atoms with Crippen molar-refractivity contribution in [2.24, 2.45) is 4.99 Å². The van der Waals surface area contributed by atoms with Crippen LogP contribution in [0.2, 0.25) is 0 Å². The molecule has 25 heavy (non-hydrogen) atoms. The quantitative estimate of drug-likeness (QED) is 0.216. The van der Waals surface area contributed by atoms with Crippen molar-refractivity contribution in [1.29, 1.82) is 0 Å². The van der Waals surface area contributed by atoms with E-state index in [-0.39, 0.29) is 28.7 Å². The van der Waals surface area contributed by atoms with Gasteiger partial charge in [-0.2, -0.15) is 11.8 Å². The number of unbranched alkanes of at least 4 members (excludes halogenated alkanes) is 1. The largest absolute Gasteiger partial charge is 0.357 e. The summed E-state index contributed by atoms with van der Waals surface area (Å²) >= 11 is 1.87. The van der Waals surface area contributed by atoms with Crippen molar-refractivity contribution >= 4 is 41.7 Å². The Morgan fingerprint density at radius 1 is 1.04 bits per heavy atom. The Kier molecular flexibility index (Phi) is 14.5. The molecule has 1 saturated heterocycles. The summed E-state index contributed by atoms with van der Waals surface area (Å²) in [5.41, 5.74) is 0. The molecule has 0 aliphatic carbocycles. The first-order valence-corrected chi connectivity index (χ1v) is 10.7. The first-order chi connectivity index (χ1) is 11.5. The van der Waals surface area contributed by atoms with Gasteiger partial charge < -0.3 is 20.4 Å². The third-order valence-corrected chi connectivity index (χ3v) is 5.85. The lowest BCUT2D eigenvalue weighted by molar-refractivity contribution is 0.136. The molecule has 1 heterocycles. The monoisotopic (exact) mass is 485 g/mol. The van der Waals surface area contributed by atoms with Crippen LogP contribution in [0.25, 0.3) is 0 Å². The van der Waals surface area contributed by atoms with Gasteiger partial charge in [0, 0.05) is 44.0 Å². The molecule has 0 aromatic rings. The summed E-state index contributed by atoms with van der Waals surface area (Å²) in [6, 6.07) is 0. The minimum absolute atomic E-state index is 0. The average molecular weight is 486 g/mol. The fourth-order valence-electron chi connectivity index (χ4n) is 2.67. The summed E-state index contributed by atoms with van der Waals surface area (Å²) in [4.78, 5) is 9.86. The summed E-state index contributed by atoms with van der Waals surface area (Å²) in [6.07, 6.45) is 4.61. The van der Waals surface area contributed by atoms with Gasteiger partial charge in [-0.3, -0.25) is 4.99 Å². The molecule has 0 unspecified atom stereocenters. The minimum atomic E-state index is 0. The van der Waals surface area contributed by atoms with E-state index in [9.17, 15) is 0 Å². The van der Waals surface area contributed by atoms with E-state index in [0.29, 0.717) is 0 Å². The number of hydrogen-bond acceptors (Lipinski definition) is 4. The number of piperazine rings is 1. The number of rotatable bonds is 10. The highest BCUT2D eigenvalue weighted by Gasteiger charge is 2.16. The van der Waals surface area contributed by atoms with Crippen molar-refractivity contribution in [3.63, 3.8) is 0 Å². The molecule has 0 amide bonds. The zero-order valence-corrected chi connectivity index (χ0v) is 20.1. The van der Waals surface area contributed by atoms with Gasteiger partial charge in [-0.1, -0.05) is 6.92 Å². The van der Waals surface area contributed by atoms with Gasteiger partial charge in [0.1, 0.15) is 0 Å². The van der Waals surface area contributed by atoms with Crippen LogP contribution >= 0.6 is 35.7 Å². The molecule has 0 bridgehead atoms. The van der Waals surface area contributed by atoms with Crippen LogP contribution in [0, 0.1) is 0 Å². The van der Waals surface area contributed by atoms with Crippen LogP contribution in [-0.2, 0) is 0 Å². The molecule has 1 aliphatic heterocycles. The number of aliphatic imine (C=N–C) groups is 1. The number of nitrogens with one attached hydrogen (secondary N) is 2. The number of thioether (sulfide) groups is 1. The Morgan fingerprint density at radius 3 is 2.24 bits per heavy atom. The third-order valence-electron chi connectivity index (χ3n) is 4.62. The van der Waals surface area contributed by atoms with Crippen LogP contribution in [0.3, 0.4) is 0 Å². The van der Waals surface area contributed by atoms with Gasteiger partial charge >= 0.3 is 0 Å². The van der Waals surface area contributed by atoms with Crippen molar-refractivity contribution in [3.8, 4) is 0 Å². The van der Waals surface area contributed by atoms with Crippen LogP contribution in [-0.4, -0.2) is 85.7 Å². The topological polar surface area (TPSA) is 42.9 Å². The number of guanidine groups is 1. The summed E-state index contributed by atoms with van der Waals surface area (Å²) in [7, 11) is 0. The third kappa shape index (κ3) is 11.6. The molecule has 1 fully saturated rings. The maximum Gasteiger partial charge on any atom is 0.191 e. The number of likely N-dealkylation sites (N-methyl/N-ethyl adjacent to an activating group) is 1.